The summed E-state index contributed by atoms with van der Waals surface area (Å²) in [4.78, 5) is 38.2. The fourth-order valence-corrected chi connectivity index (χ4v) is 3.48. The van der Waals surface area contributed by atoms with E-state index in [0.29, 0.717) is 18.7 Å². The molecule has 0 spiro atoms. The Hall–Kier alpha value is -3.15. The van der Waals surface area contributed by atoms with E-state index in [0.717, 1.165) is 36.8 Å². The van der Waals surface area contributed by atoms with Crippen molar-refractivity contribution in [3.8, 4) is 11.1 Å². The summed E-state index contributed by atoms with van der Waals surface area (Å²) in [5.41, 5.74) is 2.53. The van der Waals surface area contributed by atoms with E-state index in [9.17, 15) is 14.4 Å². The molecule has 2 amide bonds. The molecule has 1 N–H and O–H groups in total. The molecule has 0 aromatic heterocycles. The number of ether oxygens (including phenoxy) is 1. The predicted molar refractivity (Wildman–Crippen MR) is 115 cm³/mol. The zero-order valence-electron chi connectivity index (χ0n) is 17.1. The quantitative estimate of drug-likeness (QED) is 0.743. The Morgan fingerprint density at radius 2 is 1.40 bits per heavy atom. The third kappa shape index (κ3) is 6.44. The summed E-state index contributed by atoms with van der Waals surface area (Å²) < 4.78 is 5.05. The number of nitrogens with zero attached hydrogens (tertiary/aromatic N) is 1. The Balaban J connectivity index is 1.41. The molecule has 1 aliphatic heterocycles. The molecule has 0 radical (unpaired) electrons. The first-order valence-corrected chi connectivity index (χ1v) is 10.5. The van der Waals surface area contributed by atoms with Gasteiger partial charge < -0.3 is 15.0 Å². The zero-order valence-corrected chi connectivity index (χ0v) is 17.1. The second kappa shape index (κ2) is 11.1. The van der Waals surface area contributed by atoms with Gasteiger partial charge in [0.15, 0.2) is 6.61 Å². The molecule has 0 bridgehead atoms. The van der Waals surface area contributed by atoms with Crippen molar-refractivity contribution < 1.29 is 19.1 Å². The first-order valence-electron chi connectivity index (χ1n) is 10.5. The number of nitrogens with one attached hydrogen (secondary N) is 1. The maximum Gasteiger partial charge on any atom is 0.325 e. The number of amides is 2. The topological polar surface area (TPSA) is 75.7 Å². The zero-order chi connectivity index (χ0) is 21.2. The van der Waals surface area contributed by atoms with Crippen LogP contribution in [0.3, 0.4) is 0 Å². The minimum atomic E-state index is -0.621. The Morgan fingerprint density at radius 3 is 2.07 bits per heavy atom. The van der Waals surface area contributed by atoms with Crippen LogP contribution in [0.1, 0.15) is 42.5 Å². The summed E-state index contributed by atoms with van der Waals surface area (Å²) >= 11 is 0. The standard InChI is InChI=1S/C24H28N2O4/c27-22(26-15-7-2-1-3-8-16-26)18-30-23(28)17-25-24(29)21-13-11-20(12-14-21)19-9-5-4-6-10-19/h4-6,9-14H,1-3,7-8,15-18H2,(H,25,29). The van der Waals surface area contributed by atoms with E-state index in [1.54, 1.807) is 17.0 Å². The van der Waals surface area contributed by atoms with Gasteiger partial charge in [0.2, 0.25) is 0 Å². The second-order valence-electron chi connectivity index (χ2n) is 7.44. The van der Waals surface area contributed by atoms with Gasteiger partial charge >= 0.3 is 5.97 Å². The van der Waals surface area contributed by atoms with Gasteiger partial charge in [-0.3, -0.25) is 14.4 Å². The van der Waals surface area contributed by atoms with Gasteiger partial charge in [-0.15, -0.1) is 0 Å². The molecule has 0 unspecified atom stereocenters. The molecule has 1 fully saturated rings. The number of rotatable bonds is 6. The third-order valence-electron chi connectivity index (χ3n) is 5.21. The van der Waals surface area contributed by atoms with Gasteiger partial charge in [0.1, 0.15) is 6.54 Å². The van der Waals surface area contributed by atoms with Gasteiger partial charge in [-0.05, 0) is 36.1 Å². The summed E-state index contributed by atoms with van der Waals surface area (Å²) in [6.07, 6.45) is 5.44. The molecule has 2 aromatic rings. The Morgan fingerprint density at radius 1 is 0.800 bits per heavy atom. The van der Waals surface area contributed by atoms with Crippen LogP contribution >= 0.6 is 0 Å². The van der Waals surface area contributed by atoms with Crippen LogP contribution < -0.4 is 5.32 Å². The fraction of sp³-hybridized carbons (Fsp3) is 0.375. The summed E-state index contributed by atoms with van der Waals surface area (Å²) in [6.45, 7) is 0.880. The van der Waals surface area contributed by atoms with E-state index in [-0.39, 0.29) is 25.0 Å². The van der Waals surface area contributed by atoms with Crippen molar-refractivity contribution in [3.05, 3.63) is 60.2 Å². The summed E-state index contributed by atoms with van der Waals surface area (Å²) in [7, 11) is 0. The van der Waals surface area contributed by atoms with Crippen molar-refractivity contribution in [3.63, 3.8) is 0 Å². The Bertz CT molecular complexity index is 841. The van der Waals surface area contributed by atoms with Crippen LogP contribution in [0.4, 0.5) is 0 Å². The number of carbonyl (C=O) groups excluding carboxylic acids is 3. The van der Waals surface area contributed by atoms with E-state index in [1.165, 1.54) is 6.42 Å². The third-order valence-corrected chi connectivity index (χ3v) is 5.21. The van der Waals surface area contributed by atoms with Gasteiger partial charge in [0, 0.05) is 18.7 Å². The monoisotopic (exact) mass is 408 g/mol. The van der Waals surface area contributed by atoms with Gasteiger partial charge in [-0.25, -0.2) is 0 Å². The molecule has 1 aliphatic rings. The van der Waals surface area contributed by atoms with Crippen LogP contribution in [0.15, 0.2) is 54.6 Å². The largest absolute Gasteiger partial charge is 0.454 e. The van der Waals surface area contributed by atoms with Crippen molar-refractivity contribution >= 4 is 17.8 Å². The highest BCUT2D eigenvalue weighted by Gasteiger charge is 2.17. The van der Waals surface area contributed by atoms with Crippen LogP contribution in [-0.2, 0) is 14.3 Å². The molecule has 6 heteroatoms. The van der Waals surface area contributed by atoms with Crippen LogP contribution in [0, 0.1) is 0 Å². The first kappa shape index (κ1) is 21.6. The van der Waals surface area contributed by atoms with E-state index in [2.05, 4.69) is 5.32 Å². The van der Waals surface area contributed by atoms with E-state index >= 15 is 0 Å². The number of carbonyl (C=O) groups is 3. The number of hydrogen-bond acceptors (Lipinski definition) is 4. The van der Waals surface area contributed by atoms with Crippen LogP contribution in [-0.4, -0.2) is 48.9 Å². The lowest BCUT2D eigenvalue weighted by Crippen LogP contribution is -2.38. The molecular weight excluding hydrogens is 380 g/mol. The lowest BCUT2D eigenvalue weighted by atomic mass is 10.0. The van der Waals surface area contributed by atoms with E-state index < -0.39 is 5.97 Å². The Kier molecular flexibility index (Phi) is 8.01. The smallest absolute Gasteiger partial charge is 0.325 e. The van der Waals surface area contributed by atoms with Crippen molar-refractivity contribution in [2.75, 3.05) is 26.2 Å². The van der Waals surface area contributed by atoms with Crippen LogP contribution in [0.2, 0.25) is 0 Å². The highest BCUT2D eigenvalue weighted by molar-refractivity contribution is 5.96. The fourth-order valence-electron chi connectivity index (χ4n) is 3.48. The molecule has 2 aromatic carbocycles. The molecule has 1 saturated heterocycles. The predicted octanol–water partition coefficient (Wildman–Crippen LogP) is 3.42. The molecule has 1 heterocycles. The van der Waals surface area contributed by atoms with E-state index in [1.807, 2.05) is 42.5 Å². The average Bonchev–Trinajstić information content (AvgIpc) is 2.76. The molecule has 6 nitrogen and oxygen atoms in total. The van der Waals surface area contributed by atoms with Crippen molar-refractivity contribution in [2.45, 2.75) is 32.1 Å². The SMILES string of the molecule is O=C(CNC(=O)c1ccc(-c2ccccc2)cc1)OCC(=O)N1CCCCCCC1. The minimum absolute atomic E-state index is 0.173. The first-order chi connectivity index (χ1) is 14.6. The second-order valence-corrected chi connectivity index (χ2v) is 7.44. The maximum absolute atomic E-state index is 12.3. The molecular formula is C24H28N2O4. The highest BCUT2D eigenvalue weighted by atomic mass is 16.5. The molecule has 0 aliphatic carbocycles. The normalized spacial score (nSPS) is 14.3. The van der Waals surface area contributed by atoms with Crippen molar-refractivity contribution in [1.82, 2.24) is 10.2 Å². The minimum Gasteiger partial charge on any atom is -0.454 e. The summed E-state index contributed by atoms with van der Waals surface area (Å²) in [5, 5.41) is 2.54. The summed E-state index contributed by atoms with van der Waals surface area (Å²) in [5.74, 6) is -1.15. The van der Waals surface area contributed by atoms with E-state index in [4.69, 9.17) is 4.74 Å². The van der Waals surface area contributed by atoms with Gasteiger partial charge in [-0.2, -0.15) is 0 Å². The molecule has 0 atom stereocenters. The lowest BCUT2D eigenvalue weighted by Gasteiger charge is -2.24. The van der Waals surface area contributed by atoms with Gasteiger partial charge in [0.05, 0.1) is 0 Å². The molecule has 158 valence electrons. The average molecular weight is 408 g/mol. The molecule has 0 saturated carbocycles. The maximum atomic E-state index is 12.3. The Labute approximate surface area is 177 Å². The van der Waals surface area contributed by atoms with Crippen molar-refractivity contribution in [2.24, 2.45) is 0 Å². The number of benzene rings is 2. The van der Waals surface area contributed by atoms with Gasteiger partial charge in [-0.1, -0.05) is 61.7 Å². The highest BCUT2D eigenvalue weighted by Crippen LogP contribution is 2.19. The molecule has 3 rings (SSSR count). The van der Waals surface area contributed by atoms with Gasteiger partial charge in [0.25, 0.3) is 11.8 Å². The number of esters is 1. The number of hydrogen-bond donors (Lipinski definition) is 1. The van der Waals surface area contributed by atoms with Crippen LogP contribution in [0.5, 0.6) is 0 Å². The number of likely N-dealkylation sites (tertiary alicyclic amines) is 1. The summed E-state index contributed by atoms with van der Waals surface area (Å²) in [6, 6.07) is 17.0. The molecule has 30 heavy (non-hydrogen) atoms. The van der Waals surface area contributed by atoms with Crippen LogP contribution in [0.25, 0.3) is 11.1 Å². The van der Waals surface area contributed by atoms with Crippen molar-refractivity contribution in [1.29, 1.82) is 0 Å². The lowest BCUT2D eigenvalue weighted by molar-refractivity contribution is -0.151.